The number of aromatic nitrogens is 1. The average Bonchev–Trinajstić information content (AvgIpc) is 2.77. The molecule has 0 radical (unpaired) electrons. The van der Waals surface area contributed by atoms with Crippen molar-refractivity contribution in [3.05, 3.63) is 24.1 Å². The van der Waals surface area contributed by atoms with Gasteiger partial charge in [0.2, 0.25) is 0 Å². The minimum absolute atomic E-state index is 0.0963. The summed E-state index contributed by atoms with van der Waals surface area (Å²) in [5, 5.41) is 0. The molecule has 2 aromatic rings. The number of oxazole rings is 1. The van der Waals surface area contributed by atoms with Crippen molar-refractivity contribution in [2.45, 2.75) is 38.0 Å². The van der Waals surface area contributed by atoms with Gasteiger partial charge in [-0.15, -0.1) is 0 Å². The maximum absolute atomic E-state index is 11.8. The van der Waals surface area contributed by atoms with Crippen LogP contribution in [0.1, 0.15) is 32.6 Å². The van der Waals surface area contributed by atoms with Crippen LogP contribution in [-0.4, -0.2) is 19.2 Å². The lowest BCUT2D eigenvalue weighted by Crippen LogP contribution is -2.03. The van der Waals surface area contributed by atoms with Crippen molar-refractivity contribution in [2.75, 3.05) is 5.75 Å². The molecule has 0 atom stereocenters. The van der Waals surface area contributed by atoms with Gasteiger partial charge >= 0.3 is 0 Å². The monoisotopic (exact) mass is 267 g/mol. The van der Waals surface area contributed by atoms with E-state index in [1.54, 1.807) is 25.1 Å². The largest absolute Gasteiger partial charge is 0.441 e. The number of fused-ring (bicyclic) bond motifs is 1. The molecule has 4 nitrogen and oxygen atoms in total. The van der Waals surface area contributed by atoms with E-state index in [0.29, 0.717) is 21.9 Å². The molecule has 2 rings (SSSR count). The Hall–Kier alpha value is -1.36. The number of unbranched alkanes of at least 4 members (excludes halogenated alkanes) is 1. The summed E-state index contributed by atoms with van der Waals surface area (Å²) < 4.78 is 29.1. The number of benzene rings is 1. The van der Waals surface area contributed by atoms with E-state index in [9.17, 15) is 8.42 Å². The van der Waals surface area contributed by atoms with Crippen molar-refractivity contribution >= 4 is 20.9 Å². The van der Waals surface area contributed by atoms with Gasteiger partial charge in [-0.1, -0.05) is 20.3 Å². The van der Waals surface area contributed by atoms with Crippen LogP contribution in [0.2, 0.25) is 0 Å². The molecule has 0 aliphatic rings. The third-order valence-corrected chi connectivity index (χ3v) is 4.62. The minimum atomic E-state index is -3.18. The van der Waals surface area contributed by atoms with Gasteiger partial charge in [0.15, 0.2) is 21.3 Å². The lowest BCUT2D eigenvalue weighted by atomic mass is 10.2. The van der Waals surface area contributed by atoms with Crippen molar-refractivity contribution in [3.8, 4) is 0 Å². The smallest absolute Gasteiger partial charge is 0.195 e. The highest BCUT2D eigenvalue weighted by molar-refractivity contribution is 7.91. The van der Waals surface area contributed by atoms with Crippen LogP contribution in [0.4, 0.5) is 0 Å². The van der Waals surface area contributed by atoms with Crippen LogP contribution in [0.3, 0.4) is 0 Å². The van der Waals surface area contributed by atoms with Gasteiger partial charge in [0, 0.05) is 6.42 Å². The molecule has 1 heterocycles. The number of hydrogen-bond acceptors (Lipinski definition) is 4. The molecule has 5 heteroatoms. The van der Waals surface area contributed by atoms with E-state index in [-0.39, 0.29) is 5.75 Å². The van der Waals surface area contributed by atoms with E-state index in [1.165, 1.54) is 0 Å². The van der Waals surface area contributed by atoms with Gasteiger partial charge in [0.25, 0.3) is 0 Å². The third-order valence-electron chi connectivity index (χ3n) is 2.89. The Kier molecular flexibility index (Phi) is 3.71. The van der Waals surface area contributed by atoms with Gasteiger partial charge < -0.3 is 4.42 Å². The van der Waals surface area contributed by atoms with Gasteiger partial charge in [-0.05, 0) is 24.6 Å². The van der Waals surface area contributed by atoms with Crippen LogP contribution >= 0.6 is 0 Å². The van der Waals surface area contributed by atoms with Crippen molar-refractivity contribution in [1.29, 1.82) is 0 Å². The van der Waals surface area contributed by atoms with Gasteiger partial charge in [-0.2, -0.15) is 0 Å². The van der Waals surface area contributed by atoms with Crippen molar-refractivity contribution in [3.63, 3.8) is 0 Å². The average molecular weight is 267 g/mol. The van der Waals surface area contributed by atoms with Gasteiger partial charge in [-0.3, -0.25) is 0 Å². The molecular formula is C13H17NO3S. The number of sulfone groups is 1. The first-order chi connectivity index (χ1) is 8.56. The molecule has 0 saturated carbocycles. The van der Waals surface area contributed by atoms with Crippen molar-refractivity contribution < 1.29 is 12.8 Å². The molecule has 0 amide bonds. The van der Waals surface area contributed by atoms with Crippen LogP contribution in [0, 0.1) is 0 Å². The standard InChI is InChI=1S/C13H17NO3S/c1-3-5-6-13-14-11-9-10(18(15,16)4-2)7-8-12(11)17-13/h7-9H,3-6H2,1-2H3. The first kappa shape index (κ1) is 13.1. The first-order valence-corrected chi connectivity index (χ1v) is 7.84. The zero-order valence-corrected chi connectivity index (χ0v) is 11.5. The Bertz CT molecular complexity index is 643. The summed E-state index contributed by atoms with van der Waals surface area (Å²) in [7, 11) is -3.18. The molecule has 0 bridgehead atoms. The molecule has 18 heavy (non-hydrogen) atoms. The van der Waals surface area contributed by atoms with Crippen LogP contribution in [0.5, 0.6) is 0 Å². The summed E-state index contributed by atoms with van der Waals surface area (Å²) in [6.45, 7) is 3.74. The van der Waals surface area contributed by atoms with Crippen LogP contribution < -0.4 is 0 Å². The quantitative estimate of drug-likeness (QED) is 0.835. The Balaban J connectivity index is 2.40. The molecule has 0 fully saturated rings. The Morgan fingerprint density at radius 3 is 2.72 bits per heavy atom. The lowest BCUT2D eigenvalue weighted by Gasteiger charge is -1.99. The summed E-state index contributed by atoms with van der Waals surface area (Å²) in [4.78, 5) is 4.64. The van der Waals surface area contributed by atoms with E-state index in [4.69, 9.17) is 4.42 Å². The van der Waals surface area contributed by atoms with Crippen molar-refractivity contribution in [1.82, 2.24) is 4.98 Å². The van der Waals surface area contributed by atoms with Crippen LogP contribution in [0.15, 0.2) is 27.5 Å². The Labute approximate surface area is 107 Å². The third kappa shape index (κ3) is 2.56. The van der Waals surface area contributed by atoms with E-state index in [1.807, 2.05) is 0 Å². The van der Waals surface area contributed by atoms with Crippen molar-refractivity contribution in [2.24, 2.45) is 0 Å². The highest BCUT2D eigenvalue weighted by atomic mass is 32.2. The summed E-state index contributed by atoms with van der Waals surface area (Å²) in [5.41, 5.74) is 1.27. The Morgan fingerprint density at radius 1 is 1.28 bits per heavy atom. The normalized spacial score (nSPS) is 12.1. The van der Waals surface area contributed by atoms with E-state index in [0.717, 1.165) is 19.3 Å². The first-order valence-electron chi connectivity index (χ1n) is 6.19. The topological polar surface area (TPSA) is 60.2 Å². The van der Waals surface area contributed by atoms with Crippen LogP contribution in [-0.2, 0) is 16.3 Å². The summed E-state index contributed by atoms with van der Waals surface area (Å²) in [6, 6.07) is 4.85. The molecule has 0 saturated heterocycles. The summed E-state index contributed by atoms with van der Waals surface area (Å²) in [5.74, 6) is 0.775. The maximum atomic E-state index is 11.8. The summed E-state index contributed by atoms with van der Waals surface area (Å²) in [6.07, 6.45) is 2.89. The molecule has 0 aliphatic carbocycles. The highest BCUT2D eigenvalue weighted by Crippen LogP contribution is 2.21. The molecule has 1 aromatic carbocycles. The van der Waals surface area contributed by atoms with Gasteiger partial charge in [0.05, 0.1) is 10.6 Å². The van der Waals surface area contributed by atoms with Crippen LogP contribution in [0.25, 0.3) is 11.1 Å². The SMILES string of the molecule is CCCCc1nc2cc(S(=O)(=O)CC)ccc2o1. The second-order valence-corrected chi connectivity index (χ2v) is 6.52. The van der Waals surface area contributed by atoms with E-state index < -0.39 is 9.84 Å². The fourth-order valence-corrected chi connectivity index (χ4v) is 2.65. The second kappa shape index (κ2) is 5.10. The molecule has 1 aromatic heterocycles. The maximum Gasteiger partial charge on any atom is 0.195 e. The van der Waals surface area contributed by atoms with Gasteiger partial charge in [0.1, 0.15) is 5.52 Å². The second-order valence-electron chi connectivity index (χ2n) is 4.24. The van der Waals surface area contributed by atoms with Gasteiger partial charge in [-0.25, -0.2) is 13.4 Å². The van der Waals surface area contributed by atoms with E-state index in [2.05, 4.69) is 11.9 Å². The predicted molar refractivity (Wildman–Crippen MR) is 70.3 cm³/mol. The molecule has 0 aliphatic heterocycles. The van der Waals surface area contributed by atoms with E-state index >= 15 is 0 Å². The zero-order valence-electron chi connectivity index (χ0n) is 10.6. The number of nitrogens with zero attached hydrogens (tertiary/aromatic N) is 1. The predicted octanol–water partition coefficient (Wildman–Crippen LogP) is 2.96. The summed E-state index contributed by atoms with van der Waals surface area (Å²) >= 11 is 0. The molecule has 98 valence electrons. The molecular weight excluding hydrogens is 250 g/mol. The number of hydrogen-bond donors (Lipinski definition) is 0. The number of rotatable bonds is 5. The number of aryl methyl sites for hydroxylation is 1. The minimum Gasteiger partial charge on any atom is -0.441 e. The fraction of sp³-hybridized carbons (Fsp3) is 0.462. The fourth-order valence-electron chi connectivity index (χ4n) is 1.75. The molecule has 0 unspecified atom stereocenters. The highest BCUT2D eigenvalue weighted by Gasteiger charge is 2.14. The lowest BCUT2D eigenvalue weighted by molar-refractivity contribution is 0.517. The molecule has 0 N–H and O–H groups in total. The molecule has 0 spiro atoms. The zero-order chi connectivity index (χ0) is 13.2. The Morgan fingerprint density at radius 2 is 2.06 bits per heavy atom.